The highest BCUT2D eigenvalue weighted by Gasteiger charge is 2.03. The van der Waals surface area contributed by atoms with E-state index in [0.29, 0.717) is 10.7 Å². The number of rotatable bonds is 1. The van der Waals surface area contributed by atoms with Crippen LogP contribution >= 0.6 is 11.6 Å². The van der Waals surface area contributed by atoms with Crippen LogP contribution in [0.15, 0.2) is 41.3 Å². The van der Waals surface area contributed by atoms with Crippen molar-refractivity contribution < 1.29 is 0 Å². The summed E-state index contributed by atoms with van der Waals surface area (Å²) in [6, 6.07) is 8.46. The van der Waals surface area contributed by atoms with Crippen molar-refractivity contribution in [3.05, 3.63) is 51.9 Å². The number of aromatic nitrogens is 1. The average molecular weight is 221 g/mol. The predicted octanol–water partition coefficient (Wildman–Crippen LogP) is 2.28. The Bertz CT molecular complexity index is 528. The van der Waals surface area contributed by atoms with Crippen LogP contribution in [0, 0.1) is 0 Å². The lowest BCUT2D eigenvalue weighted by atomic mass is 10.1. The van der Waals surface area contributed by atoms with Gasteiger partial charge in [-0.1, -0.05) is 17.7 Å². The Balaban J connectivity index is 2.54. The first kappa shape index (κ1) is 9.80. The molecule has 0 radical (unpaired) electrons. The van der Waals surface area contributed by atoms with E-state index < -0.39 is 0 Å². The van der Waals surface area contributed by atoms with Crippen LogP contribution in [0.3, 0.4) is 0 Å². The minimum Gasteiger partial charge on any atom is -0.399 e. The lowest BCUT2D eigenvalue weighted by molar-refractivity contribution is 1.24. The molecule has 15 heavy (non-hydrogen) atoms. The predicted molar refractivity (Wildman–Crippen MR) is 61.9 cm³/mol. The van der Waals surface area contributed by atoms with Gasteiger partial charge in [0.2, 0.25) is 5.56 Å². The van der Waals surface area contributed by atoms with Crippen molar-refractivity contribution in [2.24, 2.45) is 0 Å². The van der Waals surface area contributed by atoms with Crippen molar-refractivity contribution in [1.82, 2.24) is 4.98 Å². The number of halogens is 1. The van der Waals surface area contributed by atoms with E-state index in [9.17, 15) is 4.79 Å². The summed E-state index contributed by atoms with van der Waals surface area (Å²) in [5.41, 5.74) is 7.78. The molecule has 0 aliphatic rings. The molecular weight excluding hydrogens is 212 g/mol. The number of anilines is 1. The summed E-state index contributed by atoms with van der Waals surface area (Å²) in [5.74, 6) is 0. The van der Waals surface area contributed by atoms with Gasteiger partial charge in [-0.15, -0.1) is 0 Å². The van der Waals surface area contributed by atoms with Crippen molar-refractivity contribution in [3.8, 4) is 11.1 Å². The van der Waals surface area contributed by atoms with E-state index in [1.54, 1.807) is 24.4 Å². The van der Waals surface area contributed by atoms with Crippen LogP contribution in [0.5, 0.6) is 0 Å². The first-order chi connectivity index (χ1) is 7.16. The van der Waals surface area contributed by atoms with Crippen molar-refractivity contribution >= 4 is 17.3 Å². The molecule has 0 fully saturated rings. The maximum atomic E-state index is 10.9. The number of H-pyrrole nitrogens is 1. The Morgan fingerprint density at radius 2 is 2.00 bits per heavy atom. The zero-order chi connectivity index (χ0) is 10.8. The molecule has 0 atom stereocenters. The van der Waals surface area contributed by atoms with Gasteiger partial charge in [0.05, 0.1) is 5.02 Å². The van der Waals surface area contributed by atoms with Crippen LogP contribution < -0.4 is 11.3 Å². The standard InChI is InChI=1S/C11H9ClN2O/c12-10-5-8(13)2-3-9(10)7-1-4-11(15)14-6-7/h1-6H,13H2,(H,14,15). The second-order valence-electron chi connectivity index (χ2n) is 3.18. The Labute approximate surface area is 91.5 Å². The van der Waals surface area contributed by atoms with Crippen molar-refractivity contribution in [2.45, 2.75) is 0 Å². The normalized spacial score (nSPS) is 10.2. The molecule has 0 saturated carbocycles. The van der Waals surface area contributed by atoms with Gasteiger partial charge in [0.15, 0.2) is 0 Å². The van der Waals surface area contributed by atoms with Gasteiger partial charge in [-0.05, 0) is 23.8 Å². The third-order valence-corrected chi connectivity index (χ3v) is 2.40. The smallest absolute Gasteiger partial charge is 0.247 e. The summed E-state index contributed by atoms with van der Waals surface area (Å²) >= 11 is 6.03. The first-order valence-electron chi connectivity index (χ1n) is 4.41. The van der Waals surface area contributed by atoms with E-state index in [2.05, 4.69) is 4.98 Å². The van der Waals surface area contributed by atoms with Gasteiger partial charge in [0.1, 0.15) is 0 Å². The summed E-state index contributed by atoms with van der Waals surface area (Å²) < 4.78 is 0. The summed E-state index contributed by atoms with van der Waals surface area (Å²) in [7, 11) is 0. The van der Waals surface area contributed by atoms with Crippen LogP contribution in [0.1, 0.15) is 0 Å². The largest absolute Gasteiger partial charge is 0.399 e. The number of hydrogen-bond acceptors (Lipinski definition) is 2. The minimum absolute atomic E-state index is 0.134. The average Bonchev–Trinajstić information content (AvgIpc) is 2.20. The summed E-state index contributed by atoms with van der Waals surface area (Å²) in [6.45, 7) is 0. The monoisotopic (exact) mass is 220 g/mol. The number of hydrogen-bond donors (Lipinski definition) is 2. The quantitative estimate of drug-likeness (QED) is 0.725. The third-order valence-electron chi connectivity index (χ3n) is 2.09. The van der Waals surface area contributed by atoms with Crippen LogP contribution in [-0.2, 0) is 0 Å². The van der Waals surface area contributed by atoms with Gasteiger partial charge in [-0.2, -0.15) is 0 Å². The molecule has 2 rings (SSSR count). The molecule has 1 heterocycles. The molecule has 0 aliphatic carbocycles. The van der Waals surface area contributed by atoms with Gasteiger partial charge >= 0.3 is 0 Å². The van der Waals surface area contributed by atoms with Crippen molar-refractivity contribution in [2.75, 3.05) is 5.73 Å². The number of benzene rings is 1. The van der Waals surface area contributed by atoms with E-state index in [1.807, 2.05) is 6.07 Å². The lowest BCUT2D eigenvalue weighted by Gasteiger charge is -2.04. The Hall–Kier alpha value is -1.74. The molecule has 3 N–H and O–H groups in total. The lowest BCUT2D eigenvalue weighted by Crippen LogP contribution is -2.01. The number of nitrogens with two attached hydrogens (primary N) is 1. The molecule has 3 nitrogen and oxygen atoms in total. The van der Waals surface area contributed by atoms with Gasteiger partial charge in [0, 0.05) is 23.5 Å². The molecule has 1 aromatic heterocycles. The van der Waals surface area contributed by atoms with E-state index in [1.165, 1.54) is 6.07 Å². The maximum absolute atomic E-state index is 10.9. The number of aromatic amines is 1. The van der Waals surface area contributed by atoms with E-state index in [-0.39, 0.29) is 5.56 Å². The number of nitrogen functional groups attached to an aromatic ring is 1. The van der Waals surface area contributed by atoms with Gasteiger partial charge < -0.3 is 10.7 Å². The van der Waals surface area contributed by atoms with Gasteiger partial charge in [-0.25, -0.2) is 0 Å². The highest BCUT2D eigenvalue weighted by molar-refractivity contribution is 6.33. The van der Waals surface area contributed by atoms with E-state index >= 15 is 0 Å². The van der Waals surface area contributed by atoms with Gasteiger partial charge in [-0.3, -0.25) is 4.79 Å². The molecule has 76 valence electrons. The molecule has 2 aromatic rings. The van der Waals surface area contributed by atoms with Crippen LogP contribution in [-0.4, -0.2) is 4.98 Å². The fourth-order valence-electron chi connectivity index (χ4n) is 1.34. The topological polar surface area (TPSA) is 58.9 Å². The second-order valence-corrected chi connectivity index (χ2v) is 3.59. The highest BCUT2D eigenvalue weighted by Crippen LogP contribution is 2.28. The number of nitrogens with one attached hydrogen (secondary N) is 1. The molecule has 0 aliphatic heterocycles. The van der Waals surface area contributed by atoms with E-state index in [4.69, 9.17) is 17.3 Å². The Kier molecular flexibility index (Phi) is 2.47. The fraction of sp³-hybridized carbons (Fsp3) is 0. The SMILES string of the molecule is Nc1ccc(-c2ccc(=O)[nH]c2)c(Cl)c1. The van der Waals surface area contributed by atoms with E-state index in [0.717, 1.165) is 11.1 Å². The molecule has 1 aromatic carbocycles. The molecule has 0 spiro atoms. The second kappa shape index (κ2) is 3.79. The zero-order valence-electron chi connectivity index (χ0n) is 7.83. The Morgan fingerprint density at radius 1 is 1.20 bits per heavy atom. The van der Waals surface area contributed by atoms with Crippen LogP contribution in [0.2, 0.25) is 5.02 Å². The van der Waals surface area contributed by atoms with Crippen LogP contribution in [0.4, 0.5) is 5.69 Å². The Morgan fingerprint density at radius 3 is 2.60 bits per heavy atom. The van der Waals surface area contributed by atoms with Crippen LogP contribution in [0.25, 0.3) is 11.1 Å². The fourth-order valence-corrected chi connectivity index (χ4v) is 1.64. The summed E-state index contributed by atoms with van der Waals surface area (Å²) in [5, 5.41) is 0.571. The van der Waals surface area contributed by atoms with Gasteiger partial charge in [0.25, 0.3) is 0 Å². The summed E-state index contributed by atoms with van der Waals surface area (Å²) in [4.78, 5) is 13.5. The number of pyridine rings is 1. The molecule has 0 bridgehead atoms. The minimum atomic E-state index is -0.134. The molecule has 0 unspecified atom stereocenters. The molecular formula is C11H9ClN2O. The third kappa shape index (κ3) is 2.02. The maximum Gasteiger partial charge on any atom is 0.247 e. The summed E-state index contributed by atoms with van der Waals surface area (Å²) in [6.07, 6.45) is 1.62. The first-order valence-corrected chi connectivity index (χ1v) is 4.79. The zero-order valence-corrected chi connectivity index (χ0v) is 8.58. The highest BCUT2D eigenvalue weighted by atomic mass is 35.5. The molecule has 4 heteroatoms. The van der Waals surface area contributed by atoms with Crippen molar-refractivity contribution in [3.63, 3.8) is 0 Å². The van der Waals surface area contributed by atoms with Crippen molar-refractivity contribution in [1.29, 1.82) is 0 Å². The molecule has 0 saturated heterocycles. The molecule has 0 amide bonds.